The number of hydrogen-bond donors (Lipinski definition) is 1. The highest BCUT2D eigenvalue weighted by Crippen LogP contribution is 2.28. The zero-order chi connectivity index (χ0) is 14.0. The first kappa shape index (κ1) is 13.6. The lowest BCUT2D eigenvalue weighted by molar-refractivity contribution is 0.411. The van der Waals surface area contributed by atoms with E-state index in [-0.39, 0.29) is 6.04 Å². The van der Waals surface area contributed by atoms with Crippen molar-refractivity contribution in [3.05, 3.63) is 64.2 Å². The van der Waals surface area contributed by atoms with Gasteiger partial charge < -0.3 is 10.5 Å². The molecule has 0 saturated carbocycles. The van der Waals surface area contributed by atoms with Crippen molar-refractivity contribution in [2.45, 2.75) is 26.8 Å². The van der Waals surface area contributed by atoms with Crippen LogP contribution in [0.4, 0.5) is 0 Å². The Kier molecular flexibility index (Phi) is 3.91. The first-order valence-electron chi connectivity index (χ1n) is 6.51. The average Bonchev–Trinajstić information content (AvgIpc) is 2.38. The molecule has 2 N–H and O–H groups in total. The summed E-state index contributed by atoms with van der Waals surface area (Å²) in [5, 5.41) is 0. The van der Waals surface area contributed by atoms with E-state index in [1.807, 2.05) is 19.1 Å². The van der Waals surface area contributed by atoms with Gasteiger partial charge in [0.15, 0.2) is 0 Å². The van der Waals surface area contributed by atoms with Crippen LogP contribution in [0.2, 0.25) is 0 Å². The van der Waals surface area contributed by atoms with Crippen molar-refractivity contribution < 1.29 is 4.74 Å². The fraction of sp³-hybridized carbons (Fsp3) is 0.294. The lowest BCUT2D eigenvalue weighted by Crippen LogP contribution is -2.15. The van der Waals surface area contributed by atoms with Crippen molar-refractivity contribution >= 4 is 0 Å². The molecule has 0 aromatic heterocycles. The number of benzene rings is 2. The second-order valence-electron chi connectivity index (χ2n) is 5.01. The van der Waals surface area contributed by atoms with E-state index >= 15 is 0 Å². The minimum absolute atomic E-state index is 0.0918. The molecule has 0 radical (unpaired) electrons. The summed E-state index contributed by atoms with van der Waals surface area (Å²) in [6.45, 7) is 6.26. The largest absolute Gasteiger partial charge is 0.496 e. The molecule has 0 heterocycles. The summed E-state index contributed by atoms with van der Waals surface area (Å²) in [4.78, 5) is 0. The molecule has 0 aliphatic heterocycles. The third kappa shape index (κ3) is 2.64. The summed E-state index contributed by atoms with van der Waals surface area (Å²) in [5.74, 6) is 0.900. The van der Waals surface area contributed by atoms with Gasteiger partial charge in [0.25, 0.3) is 0 Å². The molecule has 19 heavy (non-hydrogen) atoms. The van der Waals surface area contributed by atoms with Crippen molar-refractivity contribution in [2.24, 2.45) is 5.73 Å². The van der Waals surface area contributed by atoms with Gasteiger partial charge in [0.05, 0.1) is 13.2 Å². The predicted octanol–water partition coefficient (Wildman–Crippen LogP) is 3.67. The fourth-order valence-electron chi connectivity index (χ4n) is 2.58. The van der Waals surface area contributed by atoms with E-state index in [4.69, 9.17) is 10.5 Å². The van der Waals surface area contributed by atoms with Gasteiger partial charge >= 0.3 is 0 Å². The van der Waals surface area contributed by atoms with Gasteiger partial charge in [0, 0.05) is 0 Å². The van der Waals surface area contributed by atoms with E-state index in [1.165, 1.54) is 16.7 Å². The van der Waals surface area contributed by atoms with Crippen molar-refractivity contribution in [3.63, 3.8) is 0 Å². The first-order chi connectivity index (χ1) is 9.04. The summed E-state index contributed by atoms with van der Waals surface area (Å²) >= 11 is 0. The maximum atomic E-state index is 6.44. The van der Waals surface area contributed by atoms with E-state index in [9.17, 15) is 0 Å². The summed E-state index contributed by atoms with van der Waals surface area (Å²) in [6, 6.07) is 12.3. The number of ether oxygens (including phenoxy) is 1. The average molecular weight is 255 g/mol. The van der Waals surface area contributed by atoms with E-state index < -0.39 is 0 Å². The second kappa shape index (κ2) is 5.45. The zero-order valence-electron chi connectivity index (χ0n) is 12.0. The monoisotopic (exact) mass is 255 g/mol. The molecule has 2 aromatic carbocycles. The molecule has 2 heteroatoms. The Morgan fingerprint density at radius 1 is 0.947 bits per heavy atom. The summed E-state index contributed by atoms with van der Waals surface area (Å²) in [5.41, 5.74) is 12.4. The van der Waals surface area contributed by atoms with Crippen LogP contribution >= 0.6 is 0 Å². The van der Waals surface area contributed by atoms with Gasteiger partial charge in [-0.05, 0) is 54.7 Å². The van der Waals surface area contributed by atoms with Gasteiger partial charge in [0.2, 0.25) is 0 Å². The van der Waals surface area contributed by atoms with Crippen LogP contribution in [-0.4, -0.2) is 7.11 Å². The van der Waals surface area contributed by atoms with Crippen molar-refractivity contribution in [2.75, 3.05) is 7.11 Å². The van der Waals surface area contributed by atoms with Crippen molar-refractivity contribution in [1.82, 2.24) is 0 Å². The quantitative estimate of drug-likeness (QED) is 0.908. The zero-order valence-corrected chi connectivity index (χ0v) is 12.0. The van der Waals surface area contributed by atoms with Gasteiger partial charge in [-0.25, -0.2) is 0 Å². The molecule has 0 aliphatic rings. The van der Waals surface area contributed by atoms with Crippen LogP contribution in [0, 0.1) is 20.8 Å². The van der Waals surface area contributed by atoms with Crippen LogP contribution in [0.25, 0.3) is 0 Å². The lowest BCUT2D eigenvalue weighted by atomic mass is 9.91. The van der Waals surface area contributed by atoms with Crippen molar-refractivity contribution in [3.8, 4) is 5.75 Å². The highest BCUT2D eigenvalue weighted by molar-refractivity contribution is 5.44. The second-order valence-corrected chi connectivity index (χ2v) is 5.01. The van der Waals surface area contributed by atoms with Crippen molar-refractivity contribution in [1.29, 1.82) is 0 Å². The van der Waals surface area contributed by atoms with E-state index in [0.717, 1.165) is 16.9 Å². The van der Waals surface area contributed by atoms with Gasteiger partial charge in [-0.2, -0.15) is 0 Å². The highest BCUT2D eigenvalue weighted by Gasteiger charge is 2.14. The molecule has 1 unspecified atom stereocenters. The number of aryl methyl sites for hydroxylation is 3. The van der Waals surface area contributed by atoms with Gasteiger partial charge in [-0.15, -0.1) is 0 Å². The maximum Gasteiger partial charge on any atom is 0.121 e. The predicted molar refractivity (Wildman–Crippen MR) is 79.7 cm³/mol. The Balaban J connectivity index is 2.44. The fourth-order valence-corrected chi connectivity index (χ4v) is 2.58. The lowest BCUT2D eigenvalue weighted by Gasteiger charge is -2.19. The molecular formula is C17H21NO. The van der Waals surface area contributed by atoms with Crippen LogP contribution in [-0.2, 0) is 0 Å². The Labute approximate surface area is 115 Å². The summed E-state index contributed by atoms with van der Waals surface area (Å²) in [6.07, 6.45) is 0. The standard InChI is InChI=1S/C17H21NO/c1-11-6-5-7-12(2)16(11)17(18)14-8-9-15(19-4)13(3)10-14/h5-10,17H,18H2,1-4H3. The Morgan fingerprint density at radius 2 is 1.58 bits per heavy atom. The maximum absolute atomic E-state index is 6.44. The molecule has 2 nitrogen and oxygen atoms in total. The number of rotatable bonds is 3. The van der Waals surface area contributed by atoms with Crippen LogP contribution in [0.3, 0.4) is 0 Å². The minimum atomic E-state index is -0.0918. The Hall–Kier alpha value is -1.80. The third-order valence-corrected chi connectivity index (χ3v) is 3.63. The molecule has 100 valence electrons. The van der Waals surface area contributed by atoms with E-state index in [1.54, 1.807) is 7.11 Å². The molecule has 2 rings (SSSR count). The van der Waals surface area contributed by atoms with Crippen LogP contribution < -0.4 is 10.5 Å². The molecular weight excluding hydrogens is 234 g/mol. The number of methoxy groups -OCH3 is 1. The Morgan fingerprint density at radius 3 is 2.11 bits per heavy atom. The van der Waals surface area contributed by atoms with E-state index in [2.05, 4.69) is 38.1 Å². The summed E-state index contributed by atoms with van der Waals surface area (Å²) < 4.78 is 5.29. The highest BCUT2D eigenvalue weighted by atomic mass is 16.5. The number of nitrogens with two attached hydrogens (primary N) is 1. The molecule has 0 saturated heterocycles. The molecule has 2 aromatic rings. The number of hydrogen-bond acceptors (Lipinski definition) is 2. The topological polar surface area (TPSA) is 35.2 Å². The molecule has 0 spiro atoms. The normalized spacial score (nSPS) is 12.3. The Bertz CT molecular complexity index is 570. The smallest absolute Gasteiger partial charge is 0.121 e. The van der Waals surface area contributed by atoms with Crippen LogP contribution in [0.15, 0.2) is 36.4 Å². The molecule has 0 amide bonds. The summed E-state index contributed by atoms with van der Waals surface area (Å²) in [7, 11) is 1.69. The SMILES string of the molecule is COc1ccc(C(N)c2c(C)cccc2C)cc1C. The van der Waals surface area contributed by atoms with Gasteiger partial charge in [-0.3, -0.25) is 0 Å². The minimum Gasteiger partial charge on any atom is -0.496 e. The molecule has 1 atom stereocenters. The van der Waals surface area contributed by atoms with Crippen LogP contribution in [0.1, 0.15) is 33.9 Å². The first-order valence-corrected chi connectivity index (χ1v) is 6.51. The third-order valence-electron chi connectivity index (χ3n) is 3.63. The molecule has 0 bridgehead atoms. The van der Waals surface area contributed by atoms with E-state index in [0.29, 0.717) is 0 Å². The molecule has 0 aliphatic carbocycles. The van der Waals surface area contributed by atoms with Gasteiger partial charge in [0.1, 0.15) is 5.75 Å². The van der Waals surface area contributed by atoms with Crippen LogP contribution in [0.5, 0.6) is 5.75 Å². The molecule has 0 fully saturated rings. The van der Waals surface area contributed by atoms with Gasteiger partial charge in [-0.1, -0.05) is 30.3 Å².